The smallest absolute Gasteiger partial charge is 0.126 e. The van der Waals surface area contributed by atoms with Crippen molar-refractivity contribution in [3.05, 3.63) is 29.6 Å². The minimum atomic E-state index is -0.280. The third kappa shape index (κ3) is 4.62. The third-order valence-electron chi connectivity index (χ3n) is 2.03. The summed E-state index contributed by atoms with van der Waals surface area (Å²) >= 11 is 0. The van der Waals surface area contributed by atoms with Gasteiger partial charge in [0.15, 0.2) is 0 Å². The molecule has 0 aromatic heterocycles. The van der Waals surface area contributed by atoms with Gasteiger partial charge in [-0.2, -0.15) is 0 Å². The average Bonchev–Trinajstić information content (AvgIpc) is 2.16. The van der Waals surface area contributed by atoms with Crippen LogP contribution in [0.15, 0.2) is 18.2 Å². The number of rotatable bonds is 4. The van der Waals surface area contributed by atoms with Gasteiger partial charge in [0.2, 0.25) is 0 Å². The molecule has 2 nitrogen and oxygen atoms in total. The molecule has 0 N–H and O–H groups in total. The molecule has 0 aliphatic heterocycles. The van der Waals surface area contributed by atoms with Crippen molar-refractivity contribution in [2.45, 2.75) is 33.3 Å². The summed E-state index contributed by atoms with van der Waals surface area (Å²) < 4.78 is 23.9. The standard InChI is InChI=1S/C13H19FO2/c1-10-5-6-11(14)9-12(10)15-7-8-16-13(2,3)4/h5-6,9H,7-8H2,1-4H3. The molecule has 1 aromatic rings. The minimum Gasteiger partial charge on any atom is -0.491 e. The quantitative estimate of drug-likeness (QED) is 0.733. The topological polar surface area (TPSA) is 18.5 Å². The van der Waals surface area contributed by atoms with E-state index in [1.54, 1.807) is 6.07 Å². The summed E-state index contributed by atoms with van der Waals surface area (Å²) in [6.07, 6.45) is 0. The van der Waals surface area contributed by atoms with E-state index in [4.69, 9.17) is 9.47 Å². The van der Waals surface area contributed by atoms with E-state index >= 15 is 0 Å². The highest BCUT2D eigenvalue weighted by Gasteiger charge is 2.09. The summed E-state index contributed by atoms with van der Waals surface area (Å²) in [5, 5.41) is 0. The molecule has 1 aromatic carbocycles. The van der Waals surface area contributed by atoms with Gasteiger partial charge < -0.3 is 9.47 Å². The van der Waals surface area contributed by atoms with Crippen molar-refractivity contribution in [2.24, 2.45) is 0 Å². The fourth-order valence-electron chi connectivity index (χ4n) is 1.23. The number of hydrogen-bond donors (Lipinski definition) is 0. The van der Waals surface area contributed by atoms with Crippen LogP contribution in [0, 0.1) is 12.7 Å². The first-order valence-electron chi connectivity index (χ1n) is 5.41. The lowest BCUT2D eigenvalue weighted by Gasteiger charge is -2.19. The molecule has 16 heavy (non-hydrogen) atoms. The highest BCUT2D eigenvalue weighted by atomic mass is 19.1. The molecule has 1 rings (SSSR count). The predicted molar refractivity (Wildman–Crippen MR) is 62.3 cm³/mol. The van der Waals surface area contributed by atoms with E-state index < -0.39 is 0 Å². The number of aryl methyl sites for hydroxylation is 1. The van der Waals surface area contributed by atoms with E-state index in [9.17, 15) is 4.39 Å². The summed E-state index contributed by atoms with van der Waals surface area (Å²) in [7, 11) is 0. The Morgan fingerprint density at radius 1 is 1.19 bits per heavy atom. The van der Waals surface area contributed by atoms with Gasteiger partial charge in [0.1, 0.15) is 18.2 Å². The van der Waals surface area contributed by atoms with Crippen molar-refractivity contribution in [1.82, 2.24) is 0 Å². The highest BCUT2D eigenvalue weighted by Crippen LogP contribution is 2.18. The maximum Gasteiger partial charge on any atom is 0.126 e. The molecule has 0 radical (unpaired) electrons. The van der Waals surface area contributed by atoms with Crippen LogP contribution in [-0.2, 0) is 4.74 Å². The van der Waals surface area contributed by atoms with E-state index in [-0.39, 0.29) is 11.4 Å². The molecule has 0 atom stereocenters. The van der Waals surface area contributed by atoms with E-state index in [0.717, 1.165) is 5.56 Å². The first-order valence-corrected chi connectivity index (χ1v) is 5.41. The maximum absolute atomic E-state index is 12.9. The van der Waals surface area contributed by atoms with Gasteiger partial charge in [-0.05, 0) is 39.3 Å². The molecule has 0 spiro atoms. The number of halogens is 1. The zero-order valence-electron chi connectivity index (χ0n) is 10.3. The Balaban J connectivity index is 2.40. The number of hydrogen-bond acceptors (Lipinski definition) is 2. The molecule has 0 aliphatic rings. The van der Waals surface area contributed by atoms with Crippen LogP contribution in [0.1, 0.15) is 26.3 Å². The zero-order valence-corrected chi connectivity index (χ0v) is 10.3. The van der Waals surface area contributed by atoms with Crippen molar-refractivity contribution >= 4 is 0 Å². The summed E-state index contributed by atoms with van der Waals surface area (Å²) in [4.78, 5) is 0. The molecule has 0 heterocycles. The molecule has 0 saturated heterocycles. The van der Waals surface area contributed by atoms with Gasteiger partial charge in [0.25, 0.3) is 0 Å². The summed E-state index contributed by atoms with van der Waals surface area (Å²) in [6, 6.07) is 4.52. The normalized spacial score (nSPS) is 11.6. The second kappa shape index (κ2) is 5.30. The second-order valence-electron chi connectivity index (χ2n) is 4.72. The lowest BCUT2D eigenvalue weighted by Crippen LogP contribution is -2.22. The Kier molecular flexibility index (Phi) is 4.30. The summed E-state index contributed by atoms with van der Waals surface area (Å²) in [6.45, 7) is 8.78. The first kappa shape index (κ1) is 13.0. The van der Waals surface area contributed by atoms with Gasteiger partial charge in [-0.15, -0.1) is 0 Å². The Labute approximate surface area is 96.4 Å². The SMILES string of the molecule is Cc1ccc(F)cc1OCCOC(C)(C)C. The molecule has 0 bridgehead atoms. The van der Waals surface area contributed by atoms with Crippen molar-refractivity contribution in [3.63, 3.8) is 0 Å². The Morgan fingerprint density at radius 2 is 1.88 bits per heavy atom. The first-order chi connectivity index (χ1) is 7.38. The van der Waals surface area contributed by atoms with Gasteiger partial charge in [-0.1, -0.05) is 6.07 Å². The highest BCUT2D eigenvalue weighted by molar-refractivity contribution is 5.32. The minimum absolute atomic E-state index is 0.166. The summed E-state index contributed by atoms with van der Waals surface area (Å²) in [5.41, 5.74) is 0.762. The molecule has 0 saturated carbocycles. The lowest BCUT2D eigenvalue weighted by molar-refractivity contribution is -0.0164. The Hall–Kier alpha value is -1.09. The molecular formula is C13H19FO2. The largest absolute Gasteiger partial charge is 0.491 e. The zero-order chi connectivity index (χ0) is 12.2. The molecular weight excluding hydrogens is 207 g/mol. The van der Waals surface area contributed by atoms with Crippen molar-refractivity contribution in [2.75, 3.05) is 13.2 Å². The third-order valence-corrected chi connectivity index (χ3v) is 2.03. The molecule has 0 unspecified atom stereocenters. The van der Waals surface area contributed by atoms with E-state index in [1.807, 2.05) is 27.7 Å². The van der Waals surface area contributed by atoms with E-state index in [0.29, 0.717) is 19.0 Å². The number of benzene rings is 1. The van der Waals surface area contributed by atoms with Gasteiger partial charge >= 0.3 is 0 Å². The molecule has 0 fully saturated rings. The predicted octanol–water partition coefficient (Wildman–Crippen LogP) is 3.33. The number of ether oxygens (including phenoxy) is 2. The monoisotopic (exact) mass is 226 g/mol. The van der Waals surface area contributed by atoms with Crippen molar-refractivity contribution in [1.29, 1.82) is 0 Å². The Bertz CT molecular complexity index is 342. The summed E-state index contributed by atoms with van der Waals surface area (Å²) in [5.74, 6) is 0.301. The van der Waals surface area contributed by atoms with Crippen molar-refractivity contribution in [3.8, 4) is 5.75 Å². The van der Waals surface area contributed by atoms with Crippen LogP contribution in [-0.4, -0.2) is 18.8 Å². The van der Waals surface area contributed by atoms with E-state index in [2.05, 4.69) is 0 Å². The van der Waals surface area contributed by atoms with Crippen LogP contribution in [0.3, 0.4) is 0 Å². The van der Waals surface area contributed by atoms with Gasteiger partial charge in [0, 0.05) is 6.07 Å². The van der Waals surface area contributed by atoms with Gasteiger partial charge in [0.05, 0.1) is 12.2 Å². The van der Waals surface area contributed by atoms with Crippen LogP contribution in [0.2, 0.25) is 0 Å². The van der Waals surface area contributed by atoms with Crippen LogP contribution in [0.25, 0.3) is 0 Å². The molecule has 0 aliphatic carbocycles. The maximum atomic E-state index is 12.9. The molecule has 3 heteroatoms. The van der Waals surface area contributed by atoms with Crippen LogP contribution < -0.4 is 4.74 Å². The molecule has 0 amide bonds. The fraction of sp³-hybridized carbons (Fsp3) is 0.538. The second-order valence-corrected chi connectivity index (χ2v) is 4.72. The fourth-order valence-corrected chi connectivity index (χ4v) is 1.23. The van der Waals surface area contributed by atoms with Crippen LogP contribution in [0.5, 0.6) is 5.75 Å². The van der Waals surface area contributed by atoms with Gasteiger partial charge in [-0.3, -0.25) is 0 Å². The van der Waals surface area contributed by atoms with E-state index in [1.165, 1.54) is 12.1 Å². The lowest BCUT2D eigenvalue weighted by atomic mass is 10.2. The average molecular weight is 226 g/mol. The molecule has 90 valence electrons. The van der Waals surface area contributed by atoms with Crippen LogP contribution in [0.4, 0.5) is 4.39 Å². The Morgan fingerprint density at radius 3 is 2.50 bits per heavy atom. The van der Waals surface area contributed by atoms with Crippen molar-refractivity contribution < 1.29 is 13.9 Å². The van der Waals surface area contributed by atoms with Gasteiger partial charge in [-0.25, -0.2) is 4.39 Å². The van der Waals surface area contributed by atoms with Crippen LogP contribution >= 0.6 is 0 Å².